The van der Waals surface area contributed by atoms with Crippen LogP contribution in [0.2, 0.25) is 0 Å². The average molecular weight is 442 g/mol. The zero-order valence-electron chi connectivity index (χ0n) is 19.0. The molecule has 1 amide bonds. The van der Waals surface area contributed by atoms with Crippen LogP contribution in [-0.2, 0) is 9.59 Å². The number of hydrogen-bond donors (Lipinski definition) is 1. The number of fused-ring (bicyclic) bond motifs is 1. The topological polar surface area (TPSA) is 103 Å². The van der Waals surface area contributed by atoms with Gasteiger partial charge in [0.05, 0.1) is 6.54 Å². The Bertz CT molecular complexity index is 977. The largest absolute Gasteiger partial charge is 0.480 e. The second-order valence-electron chi connectivity index (χ2n) is 8.98. The van der Waals surface area contributed by atoms with Crippen molar-refractivity contribution < 1.29 is 19.2 Å². The molecule has 1 saturated carbocycles. The lowest BCUT2D eigenvalue weighted by Crippen LogP contribution is -2.48. The molecule has 4 rings (SSSR count). The number of nitrogens with zero attached hydrogens (tertiary/aromatic N) is 5. The minimum absolute atomic E-state index is 0.0236. The second kappa shape index (κ2) is 9.28. The predicted molar refractivity (Wildman–Crippen MR) is 119 cm³/mol. The number of likely N-dealkylation sites (N-methyl/N-ethyl adjacent to an activating group) is 1. The highest BCUT2D eigenvalue weighted by Crippen LogP contribution is 2.36. The van der Waals surface area contributed by atoms with Gasteiger partial charge in [-0.2, -0.15) is 4.98 Å². The predicted octanol–water partition coefficient (Wildman–Crippen LogP) is 2.74. The number of aryl methyl sites for hydroxylation is 2. The van der Waals surface area contributed by atoms with Crippen molar-refractivity contribution in [3.05, 3.63) is 29.7 Å². The van der Waals surface area contributed by atoms with Crippen LogP contribution < -0.4 is 4.90 Å². The van der Waals surface area contributed by atoms with Gasteiger partial charge in [0.1, 0.15) is 6.54 Å². The van der Waals surface area contributed by atoms with E-state index in [2.05, 4.69) is 15.1 Å². The Kier molecular flexibility index (Phi) is 6.45. The Morgan fingerprint density at radius 2 is 1.84 bits per heavy atom. The minimum Gasteiger partial charge on any atom is -0.480 e. The van der Waals surface area contributed by atoms with Gasteiger partial charge in [0, 0.05) is 38.3 Å². The van der Waals surface area contributed by atoms with Gasteiger partial charge in [-0.25, -0.2) is 5.01 Å². The molecule has 172 valence electrons. The highest BCUT2D eigenvalue weighted by Gasteiger charge is 2.37. The van der Waals surface area contributed by atoms with Gasteiger partial charge in [0.25, 0.3) is 5.91 Å². The zero-order chi connectivity index (χ0) is 22.8. The maximum Gasteiger partial charge on any atom is 0.323 e. The molecule has 2 heterocycles. The van der Waals surface area contributed by atoms with Gasteiger partial charge in [-0.1, -0.05) is 30.1 Å². The lowest BCUT2D eigenvalue weighted by Gasteiger charge is -2.32. The fourth-order valence-electron chi connectivity index (χ4n) is 4.94. The highest BCUT2D eigenvalue weighted by molar-refractivity contribution is 5.85. The summed E-state index contributed by atoms with van der Waals surface area (Å²) >= 11 is 0. The van der Waals surface area contributed by atoms with Crippen LogP contribution in [0.4, 0.5) is 5.69 Å². The standard InChI is InChI=1S/C23H31N5O4/c1-15-8-9-17(23-24-16(2)32-25-23)10-20(15)27(14-22(30)31)13-21(29)26(3)28-11-18-6-4-5-7-19(18)12-28/h8-10,18-19H,4-7,11-14H2,1-3H3,(H,30,31)/t18-,19+. The van der Waals surface area contributed by atoms with Crippen molar-refractivity contribution in [2.75, 3.05) is 38.1 Å². The second-order valence-corrected chi connectivity index (χ2v) is 8.98. The number of hydrogen-bond acceptors (Lipinski definition) is 7. The third-order valence-electron chi connectivity index (χ3n) is 6.73. The van der Waals surface area contributed by atoms with Crippen LogP contribution >= 0.6 is 0 Å². The summed E-state index contributed by atoms with van der Waals surface area (Å²) in [6, 6.07) is 5.56. The zero-order valence-corrected chi connectivity index (χ0v) is 19.0. The average Bonchev–Trinajstić information content (AvgIpc) is 3.39. The van der Waals surface area contributed by atoms with Gasteiger partial charge >= 0.3 is 5.97 Å². The van der Waals surface area contributed by atoms with E-state index in [1.54, 1.807) is 23.9 Å². The van der Waals surface area contributed by atoms with Crippen molar-refractivity contribution in [1.82, 2.24) is 20.2 Å². The van der Waals surface area contributed by atoms with Crippen LogP contribution in [0.15, 0.2) is 22.7 Å². The van der Waals surface area contributed by atoms with E-state index in [4.69, 9.17) is 4.52 Å². The third-order valence-corrected chi connectivity index (χ3v) is 6.73. The Labute approximate surface area is 188 Å². The van der Waals surface area contributed by atoms with Crippen LogP contribution in [-0.4, -0.2) is 70.4 Å². The van der Waals surface area contributed by atoms with Crippen molar-refractivity contribution in [2.24, 2.45) is 11.8 Å². The molecule has 0 unspecified atom stereocenters. The molecule has 1 saturated heterocycles. The van der Waals surface area contributed by atoms with E-state index in [1.165, 1.54) is 25.7 Å². The normalized spacial score (nSPS) is 20.7. The van der Waals surface area contributed by atoms with E-state index in [0.717, 1.165) is 18.7 Å². The number of carboxylic acids is 1. The molecule has 2 aliphatic rings. The number of carbonyl (C=O) groups is 2. The number of benzene rings is 1. The van der Waals surface area contributed by atoms with E-state index in [9.17, 15) is 14.7 Å². The SMILES string of the molecule is Cc1nc(-c2ccc(C)c(N(CC(=O)O)CC(=O)N(C)N3C[C@H]4CCCC[C@H]4C3)c2)no1. The Morgan fingerprint density at radius 3 is 2.44 bits per heavy atom. The molecule has 9 nitrogen and oxygen atoms in total. The van der Waals surface area contributed by atoms with E-state index in [0.29, 0.717) is 34.8 Å². The monoisotopic (exact) mass is 441 g/mol. The quantitative estimate of drug-likeness (QED) is 0.700. The Balaban J connectivity index is 1.52. The summed E-state index contributed by atoms with van der Waals surface area (Å²) in [5.41, 5.74) is 2.25. The van der Waals surface area contributed by atoms with Crippen molar-refractivity contribution in [3.63, 3.8) is 0 Å². The molecular formula is C23H31N5O4. The molecular weight excluding hydrogens is 410 g/mol. The molecule has 0 spiro atoms. The molecule has 0 bridgehead atoms. The van der Waals surface area contributed by atoms with Crippen LogP contribution in [0.25, 0.3) is 11.4 Å². The smallest absolute Gasteiger partial charge is 0.323 e. The Hall–Kier alpha value is -2.94. The summed E-state index contributed by atoms with van der Waals surface area (Å²) in [5, 5.41) is 17.3. The summed E-state index contributed by atoms with van der Waals surface area (Å²) in [5.74, 6) is 1.09. The summed E-state index contributed by atoms with van der Waals surface area (Å²) in [4.78, 5) is 30.7. The maximum atomic E-state index is 13.2. The maximum absolute atomic E-state index is 13.2. The van der Waals surface area contributed by atoms with E-state index in [1.807, 2.05) is 25.1 Å². The number of carbonyl (C=O) groups excluding carboxylic acids is 1. The van der Waals surface area contributed by atoms with Gasteiger partial charge in [-0.05, 0) is 43.2 Å². The number of hydrazine groups is 1. The van der Waals surface area contributed by atoms with Crippen molar-refractivity contribution in [1.29, 1.82) is 0 Å². The molecule has 9 heteroatoms. The third kappa shape index (κ3) is 4.77. The van der Waals surface area contributed by atoms with Crippen LogP contribution in [0.5, 0.6) is 0 Å². The van der Waals surface area contributed by atoms with E-state index < -0.39 is 5.97 Å². The fraction of sp³-hybridized carbons (Fsp3) is 0.565. The first-order valence-electron chi connectivity index (χ1n) is 11.2. The van der Waals surface area contributed by atoms with Gasteiger partial charge < -0.3 is 14.5 Å². The first kappa shape index (κ1) is 22.3. The van der Waals surface area contributed by atoms with Gasteiger partial charge in [-0.3, -0.25) is 14.6 Å². The lowest BCUT2D eigenvalue weighted by molar-refractivity contribution is -0.142. The van der Waals surface area contributed by atoms with Crippen molar-refractivity contribution in [3.8, 4) is 11.4 Å². The first-order valence-corrected chi connectivity index (χ1v) is 11.2. The molecule has 1 aliphatic heterocycles. The van der Waals surface area contributed by atoms with Crippen LogP contribution in [0.1, 0.15) is 37.1 Å². The molecule has 1 aromatic heterocycles. The molecule has 1 aromatic carbocycles. The molecule has 0 radical (unpaired) electrons. The van der Waals surface area contributed by atoms with Crippen molar-refractivity contribution in [2.45, 2.75) is 39.5 Å². The van der Waals surface area contributed by atoms with E-state index >= 15 is 0 Å². The first-order chi connectivity index (χ1) is 15.3. The Morgan fingerprint density at radius 1 is 1.16 bits per heavy atom. The van der Waals surface area contributed by atoms with Crippen LogP contribution in [0.3, 0.4) is 0 Å². The number of rotatable bonds is 7. The molecule has 1 N–H and O–H groups in total. The molecule has 2 atom stereocenters. The summed E-state index contributed by atoms with van der Waals surface area (Å²) < 4.78 is 5.07. The van der Waals surface area contributed by atoms with Gasteiger partial charge in [0.2, 0.25) is 11.7 Å². The van der Waals surface area contributed by atoms with Crippen molar-refractivity contribution >= 4 is 17.6 Å². The molecule has 2 aromatic rings. The molecule has 2 fully saturated rings. The lowest BCUT2D eigenvalue weighted by atomic mass is 9.82. The molecule has 32 heavy (non-hydrogen) atoms. The number of anilines is 1. The number of aliphatic carboxylic acids is 1. The summed E-state index contributed by atoms with van der Waals surface area (Å²) in [7, 11) is 1.80. The summed E-state index contributed by atoms with van der Waals surface area (Å²) in [6.07, 6.45) is 5.01. The number of amides is 1. The number of carboxylic acid groups (broad SMARTS) is 1. The van der Waals surface area contributed by atoms with Crippen LogP contribution in [0, 0.1) is 25.7 Å². The summed E-state index contributed by atoms with van der Waals surface area (Å²) in [6.45, 7) is 5.11. The molecule has 1 aliphatic carbocycles. The minimum atomic E-state index is -0.993. The van der Waals surface area contributed by atoms with E-state index in [-0.39, 0.29) is 19.0 Å². The van der Waals surface area contributed by atoms with Gasteiger partial charge in [0.15, 0.2) is 0 Å². The fourth-order valence-corrected chi connectivity index (χ4v) is 4.94. The number of aromatic nitrogens is 2. The van der Waals surface area contributed by atoms with Gasteiger partial charge in [-0.15, -0.1) is 0 Å². The highest BCUT2D eigenvalue weighted by atomic mass is 16.5.